The molecule has 0 aliphatic carbocycles. The van der Waals surface area contributed by atoms with E-state index in [0.717, 1.165) is 58.9 Å². The Kier molecular flexibility index (Phi) is 6.88. The number of rotatable bonds is 7. The van der Waals surface area contributed by atoms with E-state index in [-0.39, 0.29) is 21.7 Å². The summed E-state index contributed by atoms with van der Waals surface area (Å²) in [6.07, 6.45) is 1.11. The van der Waals surface area contributed by atoms with Crippen molar-refractivity contribution in [3.8, 4) is 0 Å². The quantitative estimate of drug-likeness (QED) is 0.267. The summed E-state index contributed by atoms with van der Waals surface area (Å²) in [5.74, 6) is -3.45. The van der Waals surface area contributed by atoms with E-state index < -0.39 is 32.9 Å². The molecule has 0 aliphatic heterocycles. The molecule has 4 aromatic rings. The molecule has 0 radical (unpaired) electrons. The number of halogens is 2. The minimum Gasteiger partial charge on any atom is -0.301 e. The fourth-order valence-electron chi connectivity index (χ4n) is 2.66. The summed E-state index contributed by atoms with van der Waals surface area (Å²) in [5, 5.41) is 12.8. The molecular formula is C19H13F2N5O4S4. The lowest BCUT2D eigenvalue weighted by molar-refractivity contribution is -0.113. The number of thioether (sulfide) groups is 1. The van der Waals surface area contributed by atoms with Gasteiger partial charge in [-0.2, -0.15) is 0 Å². The molecular weight excluding hydrogens is 529 g/mol. The predicted molar refractivity (Wildman–Crippen MR) is 126 cm³/mol. The first-order chi connectivity index (χ1) is 16.1. The van der Waals surface area contributed by atoms with Gasteiger partial charge in [0.2, 0.25) is 11.0 Å². The van der Waals surface area contributed by atoms with Crippen LogP contribution in [0.15, 0.2) is 45.6 Å². The second-order valence-corrected chi connectivity index (χ2v) is 11.9. The third-order valence-electron chi connectivity index (χ3n) is 4.18. The summed E-state index contributed by atoms with van der Waals surface area (Å²) in [6.45, 7) is 0. The van der Waals surface area contributed by atoms with Gasteiger partial charge in [0.25, 0.3) is 5.91 Å². The van der Waals surface area contributed by atoms with E-state index in [1.807, 2.05) is 0 Å². The Morgan fingerprint density at radius 3 is 2.47 bits per heavy atom. The number of carbonyl (C=O) groups is 2. The second kappa shape index (κ2) is 9.69. The lowest BCUT2D eigenvalue weighted by Crippen LogP contribution is -2.15. The van der Waals surface area contributed by atoms with Crippen LogP contribution in [0.4, 0.5) is 19.0 Å². The van der Waals surface area contributed by atoms with Crippen LogP contribution >= 0.6 is 34.4 Å². The standard InChI is InChI=1S/C19H13F2N5O4S4/c1-34(29,30)9-5-6-12-13(7-9)32-17(22-12)23-14(27)8-31-19-26-25-18(33-19)24-16(28)15-10(20)3-2-4-11(15)21/h2-7H,8H2,1H3,(H,22,23,27)(H,24,25,28). The van der Waals surface area contributed by atoms with Gasteiger partial charge in [0.1, 0.15) is 17.2 Å². The van der Waals surface area contributed by atoms with Crippen LogP contribution in [-0.2, 0) is 14.6 Å². The molecule has 0 aliphatic rings. The molecule has 2 aromatic carbocycles. The molecule has 4 rings (SSSR count). The largest absolute Gasteiger partial charge is 0.301 e. The van der Waals surface area contributed by atoms with Crippen molar-refractivity contribution in [2.45, 2.75) is 9.24 Å². The van der Waals surface area contributed by atoms with Gasteiger partial charge < -0.3 is 5.32 Å². The minimum atomic E-state index is -3.36. The molecule has 0 saturated carbocycles. The average Bonchev–Trinajstić information content (AvgIpc) is 3.36. The van der Waals surface area contributed by atoms with Crippen LogP contribution in [0.1, 0.15) is 10.4 Å². The minimum absolute atomic E-state index is 0.0171. The molecule has 15 heteroatoms. The van der Waals surface area contributed by atoms with Crippen LogP contribution in [0.5, 0.6) is 0 Å². The number of amides is 2. The average molecular weight is 542 g/mol. The molecule has 2 heterocycles. The van der Waals surface area contributed by atoms with E-state index in [1.165, 1.54) is 12.1 Å². The molecule has 0 atom stereocenters. The summed E-state index contributed by atoms with van der Waals surface area (Å²) in [5.41, 5.74) is -0.179. The number of hydrogen-bond donors (Lipinski definition) is 2. The van der Waals surface area contributed by atoms with Crippen LogP contribution in [0.3, 0.4) is 0 Å². The maximum Gasteiger partial charge on any atom is 0.263 e. The van der Waals surface area contributed by atoms with E-state index in [0.29, 0.717) is 19.7 Å². The highest BCUT2D eigenvalue weighted by atomic mass is 32.2. The summed E-state index contributed by atoms with van der Waals surface area (Å²) in [7, 11) is -3.36. The van der Waals surface area contributed by atoms with E-state index in [4.69, 9.17) is 0 Å². The van der Waals surface area contributed by atoms with Crippen molar-refractivity contribution in [2.75, 3.05) is 22.6 Å². The zero-order valence-corrected chi connectivity index (χ0v) is 20.3. The molecule has 9 nitrogen and oxygen atoms in total. The van der Waals surface area contributed by atoms with Gasteiger partial charge in [-0.1, -0.05) is 40.5 Å². The summed E-state index contributed by atoms with van der Waals surface area (Å²) >= 11 is 3.12. The number of fused-ring (bicyclic) bond motifs is 1. The highest BCUT2D eigenvalue weighted by Gasteiger charge is 2.19. The Balaban J connectivity index is 1.34. The Morgan fingerprint density at radius 2 is 1.76 bits per heavy atom. The summed E-state index contributed by atoms with van der Waals surface area (Å²) in [4.78, 5) is 28.8. The monoisotopic (exact) mass is 541 g/mol. The van der Waals surface area contributed by atoms with Crippen LogP contribution in [0, 0.1) is 11.6 Å². The van der Waals surface area contributed by atoms with Gasteiger partial charge >= 0.3 is 0 Å². The van der Waals surface area contributed by atoms with Crippen molar-refractivity contribution in [1.82, 2.24) is 15.2 Å². The molecule has 2 N–H and O–H groups in total. The van der Waals surface area contributed by atoms with E-state index in [9.17, 15) is 26.8 Å². The molecule has 2 amide bonds. The normalized spacial score (nSPS) is 11.5. The van der Waals surface area contributed by atoms with Gasteiger partial charge in [-0.15, -0.1) is 10.2 Å². The molecule has 176 valence electrons. The third-order valence-corrected chi connectivity index (χ3v) is 8.19. The number of nitrogens with zero attached hydrogens (tertiary/aromatic N) is 3. The smallest absolute Gasteiger partial charge is 0.263 e. The number of hydrogen-bond acceptors (Lipinski definition) is 10. The molecule has 0 unspecified atom stereocenters. The molecule has 0 spiro atoms. The van der Waals surface area contributed by atoms with Crippen LogP contribution in [0.2, 0.25) is 0 Å². The lowest BCUT2D eigenvalue weighted by Gasteiger charge is -2.03. The fraction of sp³-hybridized carbons (Fsp3) is 0.105. The zero-order chi connectivity index (χ0) is 24.5. The first-order valence-corrected chi connectivity index (χ1v) is 13.7. The summed E-state index contributed by atoms with van der Waals surface area (Å²) in [6, 6.07) is 7.59. The number of benzene rings is 2. The van der Waals surface area contributed by atoms with Crippen molar-refractivity contribution < 1.29 is 26.8 Å². The van der Waals surface area contributed by atoms with Crippen molar-refractivity contribution >= 4 is 76.6 Å². The Bertz CT molecular complexity index is 1500. The number of aromatic nitrogens is 3. The first kappa shape index (κ1) is 24.1. The molecule has 0 saturated heterocycles. The fourth-order valence-corrected chi connectivity index (χ4v) is 5.85. The highest BCUT2D eigenvalue weighted by Crippen LogP contribution is 2.29. The Hall–Kier alpha value is -3.01. The topological polar surface area (TPSA) is 131 Å². The van der Waals surface area contributed by atoms with Crippen LogP contribution in [0.25, 0.3) is 10.2 Å². The Labute approximate surface area is 203 Å². The van der Waals surface area contributed by atoms with Crippen molar-refractivity contribution in [1.29, 1.82) is 0 Å². The number of anilines is 2. The number of carbonyl (C=O) groups excluding carboxylic acids is 2. The van der Waals surface area contributed by atoms with Crippen molar-refractivity contribution in [2.24, 2.45) is 0 Å². The lowest BCUT2D eigenvalue weighted by atomic mass is 10.2. The number of thiazole rings is 1. The van der Waals surface area contributed by atoms with Gasteiger partial charge in [-0.05, 0) is 30.3 Å². The molecule has 0 fully saturated rings. The van der Waals surface area contributed by atoms with Crippen molar-refractivity contribution in [3.63, 3.8) is 0 Å². The van der Waals surface area contributed by atoms with Crippen LogP contribution < -0.4 is 10.6 Å². The maximum atomic E-state index is 13.7. The van der Waals surface area contributed by atoms with Crippen molar-refractivity contribution in [3.05, 3.63) is 53.6 Å². The predicted octanol–water partition coefficient (Wildman–Crippen LogP) is 3.81. The SMILES string of the molecule is CS(=O)(=O)c1ccc2nc(NC(=O)CSc3nnc(NC(=O)c4c(F)cccc4F)s3)sc2c1. The van der Waals surface area contributed by atoms with Gasteiger partial charge in [0, 0.05) is 6.26 Å². The van der Waals surface area contributed by atoms with E-state index in [1.54, 1.807) is 6.07 Å². The Morgan fingerprint density at radius 1 is 1.03 bits per heavy atom. The van der Waals surface area contributed by atoms with E-state index >= 15 is 0 Å². The molecule has 2 aromatic heterocycles. The third kappa shape index (κ3) is 5.55. The highest BCUT2D eigenvalue weighted by molar-refractivity contribution is 8.01. The number of sulfone groups is 1. The van der Waals surface area contributed by atoms with Crippen LogP contribution in [-0.4, -0.2) is 47.4 Å². The second-order valence-electron chi connectivity index (χ2n) is 6.68. The van der Waals surface area contributed by atoms with Gasteiger partial charge in [0.05, 0.1) is 20.9 Å². The first-order valence-electron chi connectivity index (χ1n) is 9.22. The zero-order valence-electron chi connectivity index (χ0n) is 17.0. The van der Waals surface area contributed by atoms with Gasteiger partial charge in [-0.3, -0.25) is 14.9 Å². The molecule has 0 bridgehead atoms. The maximum absolute atomic E-state index is 13.7. The van der Waals surface area contributed by atoms with Gasteiger partial charge in [-0.25, -0.2) is 22.2 Å². The number of nitrogens with one attached hydrogen (secondary N) is 2. The van der Waals surface area contributed by atoms with Gasteiger partial charge in [0.15, 0.2) is 19.3 Å². The summed E-state index contributed by atoms with van der Waals surface area (Å²) < 4.78 is 51.8. The van der Waals surface area contributed by atoms with E-state index in [2.05, 4.69) is 25.8 Å². The molecule has 34 heavy (non-hydrogen) atoms.